The van der Waals surface area contributed by atoms with Crippen LogP contribution in [0.4, 0.5) is 13.6 Å². The van der Waals surface area contributed by atoms with Crippen molar-refractivity contribution in [3.8, 4) is 0 Å². The van der Waals surface area contributed by atoms with Crippen molar-refractivity contribution < 1.29 is 18.4 Å². The molecule has 1 saturated carbocycles. The van der Waals surface area contributed by atoms with Crippen molar-refractivity contribution in [1.29, 1.82) is 0 Å². The van der Waals surface area contributed by atoms with E-state index in [2.05, 4.69) is 10.6 Å². The molecule has 7 heteroatoms. The highest BCUT2D eigenvalue weighted by Gasteiger charge is 2.40. The summed E-state index contributed by atoms with van der Waals surface area (Å²) in [4.78, 5) is 26.5. The van der Waals surface area contributed by atoms with E-state index in [1.807, 2.05) is 0 Å². The first-order valence-corrected chi connectivity index (χ1v) is 9.59. The van der Waals surface area contributed by atoms with Crippen LogP contribution in [0.5, 0.6) is 0 Å². The number of urea groups is 1. The van der Waals surface area contributed by atoms with Crippen molar-refractivity contribution in [2.75, 3.05) is 14.1 Å². The van der Waals surface area contributed by atoms with Gasteiger partial charge in [-0.15, -0.1) is 0 Å². The maximum Gasteiger partial charge on any atom is 0.315 e. The number of carbonyl (C=O) groups excluding carboxylic acids is 2. The number of amides is 3. The fourth-order valence-corrected chi connectivity index (χ4v) is 3.90. The van der Waals surface area contributed by atoms with Crippen molar-refractivity contribution in [3.05, 3.63) is 71.3 Å². The van der Waals surface area contributed by atoms with Crippen molar-refractivity contribution in [2.45, 2.75) is 31.3 Å². The third-order valence-corrected chi connectivity index (χ3v) is 5.30. The lowest BCUT2D eigenvalue weighted by atomic mass is 9.88. The Morgan fingerprint density at radius 2 is 1.76 bits per heavy atom. The summed E-state index contributed by atoms with van der Waals surface area (Å²) in [5.41, 5.74) is 1.55. The third-order valence-electron chi connectivity index (χ3n) is 5.30. The largest absolute Gasteiger partial charge is 0.349 e. The lowest BCUT2D eigenvalue weighted by Gasteiger charge is -2.22. The summed E-state index contributed by atoms with van der Waals surface area (Å²) in [6, 6.07) is 11.6. The molecule has 3 rings (SSSR count). The summed E-state index contributed by atoms with van der Waals surface area (Å²) in [6.07, 6.45) is 1.09. The lowest BCUT2D eigenvalue weighted by Crippen LogP contribution is -2.41. The molecule has 2 N–H and O–H groups in total. The van der Waals surface area contributed by atoms with Crippen LogP contribution in [-0.4, -0.2) is 37.0 Å². The number of halogens is 2. The summed E-state index contributed by atoms with van der Waals surface area (Å²) in [6.45, 7) is 0.206. The summed E-state index contributed by atoms with van der Waals surface area (Å²) >= 11 is 0. The Morgan fingerprint density at radius 3 is 2.41 bits per heavy atom. The van der Waals surface area contributed by atoms with Crippen molar-refractivity contribution in [2.24, 2.45) is 5.92 Å². The summed E-state index contributed by atoms with van der Waals surface area (Å²) < 4.78 is 26.5. The standard InChI is InChI=1S/C22H25F2N3O2/c1-27(2)21(28)20-12-18(11-19(20)15-6-8-16(23)9-7-15)26-22(29)25-13-14-4-3-5-17(24)10-14/h3-10,18-20H,11-13H2,1-2H3,(H2,25,26,29)/t18-,19+,20-/m0/s1. The molecular formula is C22H25F2N3O2. The van der Waals surface area contributed by atoms with E-state index in [9.17, 15) is 18.4 Å². The zero-order valence-electron chi connectivity index (χ0n) is 16.5. The van der Waals surface area contributed by atoms with E-state index in [0.717, 1.165) is 5.56 Å². The fourth-order valence-electron chi connectivity index (χ4n) is 3.90. The molecule has 1 aliphatic carbocycles. The molecule has 2 aromatic rings. The van der Waals surface area contributed by atoms with Crippen LogP contribution in [0.1, 0.15) is 29.9 Å². The van der Waals surface area contributed by atoms with Gasteiger partial charge in [0, 0.05) is 32.6 Å². The first kappa shape index (κ1) is 20.8. The van der Waals surface area contributed by atoms with Crippen molar-refractivity contribution >= 4 is 11.9 Å². The normalized spacial score (nSPS) is 20.9. The Balaban J connectivity index is 1.64. The Morgan fingerprint density at radius 1 is 1.03 bits per heavy atom. The van der Waals surface area contributed by atoms with E-state index < -0.39 is 0 Å². The van der Waals surface area contributed by atoms with Gasteiger partial charge in [0.2, 0.25) is 5.91 Å². The molecule has 2 aromatic carbocycles. The van der Waals surface area contributed by atoms with Crippen LogP contribution in [-0.2, 0) is 11.3 Å². The van der Waals surface area contributed by atoms with E-state index in [-0.39, 0.29) is 48.0 Å². The molecule has 0 bridgehead atoms. The maximum absolute atomic E-state index is 13.3. The second-order valence-corrected chi connectivity index (χ2v) is 7.62. The van der Waals surface area contributed by atoms with Gasteiger partial charge < -0.3 is 15.5 Å². The molecule has 0 spiro atoms. The monoisotopic (exact) mass is 401 g/mol. The van der Waals surface area contributed by atoms with E-state index >= 15 is 0 Å². The highest BCUT2D eigenvalue weighted by Crippen LogP contribution is 2.40. The molecule has 0 aliphatic heterocycles. The summed E-state index contributed by atoms with van der Waals surface area (Å²) in [5, 5.41) is 5.63. The van der Waals surface area contributed by atoms with Gasteiger partial charge in [-0.1, -0.05) is 24.3 Å². The first-order valence-electron chi connectivity index (χ1n) is 9.59. The van der Waals surface area contributed by atoms with E-state index in [1.54, 1.807) is 43.3 Å². The smallest absolute Gasteiger partial charge is 0.315 e. The minimum absolute atomic E-state index is 0.0104. The second kappa shape index (κ2) is 9.03. The first-order chi connectivity index (χ1) is 13.8. The van der Waals surface area contributed by atoms with Crippen molar-refractivity contribution in [3.63, 3.8) is 0 Å². The zero-order valence-corrected chi connectivity index (χ0v) is 16.5. The quantitative estimate of drug-likeness (QED) is 0.807. The third kappa shape index (κ3) is 5.31. The number of carbonyl (C=O) groups is 2. The Hall–Kier alpha value is -2.96. The molecule has 0 radical (unpaired) electrons. The molecule has 0 heterocycles. The van der Waals surface area contributed by atoms with Crippen LogP contribution in [0.15, 0.2) is 48.5 Å². The molecule has 29 heavy (non-hydrogen) atoms. The van der Waals surface area contributed by atoms with Crippen LogP contribution in [0.25, 0.3) is 0 Å². The van der Waals surface area contributed by atoms with Crippen LogP contribution < -0.4 is 10.6 Å². The van der Waals surface area contributed by atoms with E-state index in [0.29, 0.717) is 18.4 Å². The molecule has 1 fully saturated rings. The predicted octanol–water partition coefficient (Wildman–Crippen LogP) is 3.41. The number of hydrogen-bond donors (Lipinski definition) is 2. The minimum atomic E-state index is -0.366. The van der Waals surface area contributed by atoms with Gasteiger partial charge in [0.05, 0.1) is 0 Å². The van der Waals surface area contributed by atoms with Gasteiger partial charge in [-0.2, -0.15) is 0 Å². The molecule has 0 saturated heterocycles. The van der Waals surface area contributed by atoms with Crippen LogP contribution in [0, 0.1) is 17.6 Å². The highest BCUT2D eigenvalue weighted by atomic mass is 19.1. The molecule has 3 amide bonds. The van der Waals surface area contributed by atoms with E-state index in [4.69, 9.17) is 0 Å². The number of benzene rings is 2. The Bertz CT molecular complexity index is 871. The number of nitrogens with one attached hydrogen (secondary N) is 2. The molecule has 1 aliphatic rings. The Labute approximate surface area is 169 Å². The number of rotatable bonds is 5. The number of hydrogen-bond acceptors (Lipinski definition) is 2. The summed E-state index contributed by atoms with van der Waals surface area (Å²) in [7, 11) is 3.41. The van der Waals surface area contributed by atoms with Gasteiger partial charge in [-0.25, -0.2) is 13.6 Å². The molecule has 0 aromatic heterocycles. The minimum Gasteiger partial charge on any atom is -0.349 e. The molecule has 154 valence electrons. The lowest BCUT2D eigenvalue weighted by molar-refractivity contribution is -0.133. The van der Waals surface area contributed by atoms with Gasteiger partial charge in [-0.05, 0) is 54.2 Å². The molecule has 0 unspecified atom stereocenters. The van der Waals surface area contributed by atoms with Gasteiger partial charge in [0.15, 0.2) is 0 Å². The average molecular weight is 401 g/mol. The van der Waals surface area contributed by atoms with Crippen LogP contribution in [0.3, 0.4) is 0 Å². The predicted molar refractivity (Wildman–Crippen MR) is 106 cm³/mol. The molecule has 3 atom stereocenters. The number of nitrogens with zero attached hydrogens (tertiary/aromatic N) is 1. The van der Waals surface area contributed by atoms with Gasteiger partial charge >= 0.3 is 6.03 Å². The molecular weight excluding hydrogens is 376 g/mol. The van der Waals surface area contributed by atoms with Gasteiger partial charge in [-0.3, -0.25) is 4.79 Å². The molecule has 5 nitrogen and oxygen atoms in total. The SMILES string of the molecule is CN(C)C(=O)[C@H]1C[C@@H](NC(=O)NCc2cccc(F)c2)C[C@@H]1c1ccc(F)cc1. The Kier molecular flexibility index (Phi) is 6.46. The topological polar surface area (TPSA) is 61.4 Å². The zero-order chi connectivity index (χ0) is 21.0. The van der Waals surface area contributed by atoms with E-state index in [1.165, 1.54) is 24.3 Å². The van der Waals surface area contributed by atoms with Crippen LogP contribution in [0.2, 0.25) is 0 Å². The highest BCUT2D eigenvalue weighted by molar-refractivity contribution is 5.80. The average Bonchev–Trinajstić information content (AvgIpc) is 3.10. The van der Waals surface area contributed by atoms with Crippen molar-refractivity contribution in [1.82, 2.24) is 15.5 Å². The summed E-state index contributed by atoms with van der Waals surface area (Å²) in [5.74, 6) is -1.08. The van der Waals surface area contributed by atoms with Crippen LogP contribution >= 0.6 is 0 Å². The maximum atomic E-state index is 13.3. The van der Waals surface area contributed by atoms with Gasteiger partial charge in [0.1, 0.15) is 11.6 Å². The fraction of sp³-hybridized carbons (Fsp3) is 0.364. The second-order valence-electron chi connectivity index (χ2n) is 7.62. The van der Waals surface area contributed by atoms with Gasteiger partial charge in [0.25, 0.3) is 0 Å².